The molecule has 3 aromatic rings. The minimum Gasteiger partial charge on any atom is -0.497 e. The summed E-state index contributed by atoms with van der Waals surface area (Å²) in [6, 6.07) is 15.4. The molecule has 7 nitrogen and oxygen atoms in total. The number of hydrogen-bond acceptors (Lipinski definition) is 6. The maximum Gasteiger partial charge on any atom is 0.433 e. The summed E-state index contributed by atoms with van der Waals surface area (Å²) in [5, 5.41) is 1.60. The minimum absolute atomic E-state index is 0.154. The van der Waals surface area contributed by atoms with E-state index >= 15 is 0 Å². The van der Waals surface area contributed by atoms with Crippen LogP contribution in [0.3, 0.4) is 0 Å². The van der Waals surface area contributed by atoms with Crippen molar-refractivity contribution in [2.24, 2.45) is 0 Å². The lowest BCUT2D eigenvalue weighted by Crippen LogP contribution is -2.26. The standard InChI is InChI=1S/C22H20F3N3O4S/c1-32-17-9-7-15(8-10-17)14-26-20(29)11-12-33(30,31)21-27-18(16-5-3-2-4-6-16)13-19(28-21)22(23,24)25/h2-10,13H,11-12,14H2,1H3,(H,26,29). The van der Waals surface area contributed by atoms with E-state index in [0.717, 1.165) is 5.56 Å². The summed E-state index contributed by atoms with van der Waals surface area (Å²) in [6.07, 6.45) is -5.33. The number of hydrogen-bond donors (Lipinski definition) is 1. The topological polar surface area (TPSA) is 98.2 Å². The van der Waals surface area contributed by atoms with Crippen molar-refractivity contribution in [3.8, 4) is 17.0 Å². The zero-order valence-electron chi connectivity index (χ0n) is 17.5. The maximum absolute atomic E-state index is 13.3. The Morgan fingerprint density at radius 2 is 1.70 bits per heavy atom. The molecule has 0 radical (unpaired) electrons. The molecule has 11 heteroatoms. The number of carbonyl (C=O) groups is 1. The lowest BCUT2D eigenvalue weighted by molar-refractivity contribution is -0.141. The Kier molecular flexibility index (Phi) is 7.32. The number of benzene rings is 2. The summed E-state index contributed by atoms with van der Waals surface area (Å²) in [5.74, 6) is -0.673. The van der Waals surface area contributed by atoms with Gasteiger partial charge in [0, 0.05) is 18.5 Å². The van der Waals surface area contributed by atoms with E-state index < -0.39 is 44.9 Å². The summed E-state index contributed by atoms with van der Waals surface area (Å²) in [5.41, 5.74) is -0.487. The zero-order valence-corrected chi connectivity index (χ0v) is 18.3. The number of carbonyl (C=O) groups excluding carboxylic acids is 1. The zero-order chi connectivity index (χ0) is 24.1. The van der Waals surface area contributed by atoms with Crippen LogP contribution in [0.15, 0.2) is 65.8 Å². The van der Waals surface area contributed by atoms with Crippen molar-refractivity contribution in [3.63, 3.8) is 0 Å². The number of methoxy groups -OCH3 is 1. The number of aromatic nitrogens is 2. The summed E-state index contributed by atoms with van der Waals surface area (Å²) >= 11 is 0. The summed E-state index contributed by atoms with van der Waals surface area (Å²) in [7, 11) is -2.84. The van der Waals surface area contributed by atoms with E-state index in [1.165, 1.54) is 19.2 Å². The molecule has 1 heterocycles. The van der Waals surface area contributed by atoms with Crippen LogP contribution < -0.4 is 10.1 Å². The SMILES string of the molecule is COc1ccc(CNC(=O)CCS(=O)(=O)c2nc(-c3ccccc3)cc(C(F)(F)F)n2)cc1. The lowest BCUT2D eigenvalue weighted by Gasteiger charge is -2.11. The van der Waals surface area contributed by atoms with Gasteiger partial charge in [0.1, 0.15) is 11.4 Å². The molecule has 0 atom stereocenters. The van der Waals surface area contributed by atoms with E-state index in [4.69, 9.17) is 4.74 Å². The van der Waals surface area contributed by atoms with Crippen molar-refractivity contribution >= 4 is 15.7 Å². The molecule has 1 aromatic heterocycles. The van der Waals surface area contributed by atoms with Crippen LogP contribution >= 0.6 is 0 Å². The van der Waals surface area contributed by atoms with Crippen LogP contribution in [0, 0.1) is 0 Å². The Hall–Kier alpha value is -3.47. The molecular formula is C22H20F3N3O4S. The summed E-state index contributed by atoms with van der Waals surface area (Å²) in [6.45, 7) is 0.154. The number of rotatable bonds is 8. The van der Waals surface area contributed by atoms with Crippen LogP contribution in [0.1, 0.15) is 17.7 Å². The highest BCUT2D eigenvalue weighted by Gasteiger charge is 2.35. The normalized spacial score (nSPS) is 11.8. The van der Waals surface area contributed by atoms with E-state index in [1.807, 2.05) is 0 Å². The fourth-order valence-electron chi connectivity index (χ4n) is 2.82. The first kappa shape index (κ1) is 24.2. The molecule has 174 valence electrons. The van der Waals surface area contributed by atoms with Crippen LogP contribution in [-0.2, 0) is 27.4 Å². The first-order chi connectivity index (χ1) is 15.6. The predicted octanol–water partition coefficient (Wildman–Crippen LogP) is 3.65. The van der Waals surface area contributed by atoms with Gasteiger partial charge < -0.3 is 10.1 Å². The second-order valence-electron chi connectivity index (χ2n) is 6.98. The largest absolute Gasteiger partial charge is 0.497 e. The van der Waals surface area contributed by atoms with Crippen molar-refractivity contribution in [2.75, 3.05) is 12.9 Å². The summed E-state index contributed by atoms with van der Waals surface area (Å²) < 4.78 is 70.3. The number of halogens is 3. The Morgan fingerprint density at radius 3 is 2.30 bits per heavy atom. The first-order valence-electron chi connectivity index (χ1n) is 9.72. The molecule has 33 heavy (non-hydrogen) atoms. The first-order valence-corrected chi connectivity index (χ1v) is 11.4. The highest BCUT2D eigenvalue weighted by molar-refractivity contribution is 7.91. The van der Waals surface area contributed by atoms with E-state index in [1.54, 1.807) is 42.5 Å². The number of alkyl halides is 3. The van der Waals surface area contributed by atoms with Crippen LogP contribution in [0.25, 0.3) is 11.3 Å². The van der Waals surface area contributed by atoms with Gasteiger partial charge in [0.05, 0.1) is 18.6 Å². The monoisotopic (exact) mass is 479 g/mol. The Morgan fingerprint density at radius 1 is 1.03 bits per heavy atom. The molecular weight excluding hydrogens is 459 g/mol. The average Bonchev–Trinajstić information content (AvgIpc) is 2.81. The number of nitrogens with zero attached hydrogens (tertiary/aromatic N) is 2. The van der Waals surface area contributed by atoms with Crippen LogP contribution in [0.5, 0.6) is 5.75 Å². The van der Waals surface area contributed by atoms with Crippen molar-refractivity contribution < 1.29 is 31.1 Å². The van der Waals surface area contributed by atoms with E-state index in [2.05, 4.69) is 15.3 Å². The fraction of sp³-hybridized carbons (Fsp3) is 0.227. The Labute approximate surface area is 188 Å². The molecule has 0 saturated carbocycles. The number of nitrogens with one attached hydrogen (secondary N) is 1. The van der Waals surface area contributed by atoms with Gasteiger partial charge in [0.15, 0.2) is 0 Å². The maximum atomic E-state index is 13.3. The highest BCUT2D eigenvalue weighted by atomic mass is 32.2. The summed E-state index contributed by atoms with van der Waals surface area (Å²) in [4.78, 5) is 19.2. The van der Waals surface area contributed by atoms with E-state index in [0.29, 0.717) is 17.4 Å². The van der Waals surface area contributed by atoms with Gasteiger partial charge in [-0.25, -0.2) is 18.4 Å². The van der Waals surface area contributed by atoms with Gasteiger partial charge in [-0.15, -0.1) is 0 Å². The third-order valence-electron chi connectivity index (χ3n) is 4.59. The molecule has 0 bridgehead atoms. The van der Waals surface area contributed by atoms with Crippen molar-refractivity contribution in [2.45, 2.75) is 24.3 Å². The Bertz CT molecular complexity index is 1220. The molecule has 2 aromatic carbocycles. The molecule has 3 rings (SSSR count). The third kappa shape index (κ3) is 6.51. The van der Waals surface area contributed by atoms with Gasteiger partial charge in [0.25, 0.3) is 0 Å². The van der Waals surface area contributed by atoms with Gasteiger partial charge in [-0.1, -0.05) is 42.5 Å². The van der Waals surface area contributed by atoms with Crippen LogP contribution in [-0.4, -0.2) is 37.2 Å². The molecule has 0 spiro atoms. The fourth-order valence-corrected chi connectivity index (χ4v) is 3.93. The number of amides is 1. The molecule has 1 N–H and O–H groups in total. The third-order valence-corrected chi connectivity index (χ3v) is 6.07. The van der Waals surface area contributed by atoms with Crippen LogP contribution in [0.2, 0.25) is 0 Å². The molecule has 0 aliphatic rings. The molecule has 0 fully saturated rings. The molecule has 0 unspecified atom stereocenters. The van der Waals surface area contributed by atoms with Gasteiger partial charge in [-0.2, -0.15) is 13.2 Å². The Balaban J connectivity index is 1.73. The second kappa shape index (κ2) is 9.99. The van der Waals surface area contributed by atoms with E-state index in [9.17, 15) is 26.4 Å². The minimum atomic E-state index is -4.87. The molecule has 0 aliphatic heterocycles. The molecule has 0 aliphatic carbocycles. The predicted molar refractivity (Wildman–Crippen MR) is 114 cm³/mol. The number of ether oxygens (including phenoxy) is 1. The van der Waals surface area contributed by atoms with Gasteiger partial charge in [0.2, 0.25) is 20.9 Å². The van der Waals surface area contributed by atoms with E-state index in [-0.39, 0.29) is 12.2 Å². The van der Waals surface area contributed by atoms with Crippen molar-refractivity contribution in [1.29, 1.82) is 0 Å². The molecule has 0 saturated heterocycles. The van der Waals surface area contributed by atoms with Gasteiger partial charge >= 0.3 is 6.18 Å². The van der Waals surface area contributed by atoms with Gasteiger partial charge in [-0.3, -0.25) is 4.79 Å². The highest BCUT2D eigenvalue weighted by Crippen LogP contribution is 2.31. The lowest BCUT2D eigenvalue weighted by atomic mass is 10.1. The molecule has 1 amide bonds. The smallest absolute Gasteiger partial charge is 0.433 e. The van der Waals surface area contributed by atoms with Crippen molar-refractivity contribution in [1.82, 2.24) is 15.3 Å². The average molecular weight is 479 g/mol. The quantitative estimate of drug-likeness (QED) is 0.496. The second-order valence-corrected chi connectivity index (χ2v) is 8.98. The van der Waals surface area contributed by atoms with Gasteiger partial charge in [-0.05, 0) is 23.8 Å². The van der Waals surface area contributed by atoms with Crippen molar-refractivity contribution in [3.05, 3.63) is 71.9 Å². The van der Waals surface area contributed by atoms with Crippen LogP contribution in [0.4, 0.5) is 13.2 Å². The number of sulfone groups is 1.